The van der Waals surface area contributed by atoms with Gasteiger partial charge in [0.25, 0.3) is 0 Å². The molecule has 11 heteroatoms. The molecule has 0 bridgehead atoms. The van der Waals surface area contributed by atoms with Gasteiger partial charge in [-0.05, 0) is 55.0 Å². The zero-order valence-corrected chi connectivity index (χ0v) is 24.2. The van der Waals surface area contributed by atoms with Crippen LogP contribution in [-0.2, 0) is 11.8 Å². The lowest BCUT2D eigenvalue weighted by molar-refractivity contribution is -0.124. The molecule has 0 spiro atoms. The first-order valence-electron chi connectivity index (χ1n) is 14.3. The van der Waals surface area contributed by atoms with Crippen molar-refractivity contribution in [2.45, 2.75) is 19.8 Å². The van der Waals surface area contributed by atoms with Crippen molar-refractivity contribution in [3.63, 3.8) is 0 Å². The van der Waals surface area contributed by atoms with E-state index in [2.05, 4.69) is 44.5 Å². The Morgan fingerprint density at radius 2 is 1.88 bits per heavy atom. The number of amides is 1. The molecule has 1 amide bonds. The number of pyridine rings is 3. The first kappa shape index (κ1) is 26.6. The summed E-state index contributed by atoms with van der Waals surface area (Å²) in [6.45, 7) is 3.80. The standard InChI is InChI=1S/C32H31N9O2/c1-32(31(42)37-25-5-7-29(43-3)35-16-25)11-22-17-40(18-23(22)12-32)28-6-4-20(14-34-28)26-10-21(27-8-9-39(2)38-27)19-41-30(26)24(13-33)15-36-41/h4-10,14-16,19,22-23H,11-12,17-18H2,1-3H3,(H,37,42)/t22-,23+,32?. The van der Waals surface area contributed by atoms with Crippen molar-refractivity contribution in [3.05, 3.63) is 72.9 Å². The summed E-state index contributed by atoms with van der Waals surface area (Å²) >= 11 is 0. The van der Waals surface area contributed by atoms with Crippen molar-refractivity contribution in [2.75, 3.05) is 30.4 Å². The summed E-state index contributed by atoms with van der Waals surface area (Å²) < 4.78 is 8.62. The van der Waals surface area contributed by atoms with Gasteiger partial charge in [-0.3, -0.25) is 9.48 Å². The van der Waals surface area contributed by atoms with Crippen molar-refractivity contribution in [2.24, 2.45) is 24.3 Å². The first-order valence-corrected chi connectivity index (χ1v) is 14.3. The molecule has 3 atom stereocenters. The predicted molar refractivity (Wildman–Crippen MR) is 161 cm³/mol. The van der Waals surface area contributed by atoms with E-state index in [0.29, 0.717) is 29.0 Å². The Labute approximate surface area is 248 Å². The number of anilines is 2. The topological polar surface area (TPSA) is 126 Å². The zero-order chi connectivity index (χ0) is 29.7. The van der Waals surface area contributed by atoms with E-state index >= 15 is 0 Å². The van der Waals surface area contributed by atoms with E-state index in [1.165, 1.54) is 0 Å². The van der Waals surface area contributed by atoms with Crippen LogP contribution in [0.15, 0.2) is 67.4 Å². The average Bonchev–Trinajstić information content (AvgIpc) is 3.80. The zero-order valence-electron chi connectivity index (χ0n) is 24.2. The third-order valence-corrected chi connectivity index (χ3v) is 8.88. The quantitative estimate of drug-likeness (QED) is 0.313. The molecular weight excluding hydrogens is 542 g/mol. The van der Waals surface area contributed by atoms with Crippen LogP contribution in [0.5, 0.6) is 5.88 Å². The monoisotopic (exact) mass is 573 g/mol. The number of aromatic nitrogens is 6. The van der Waals surface area contributed by atoms with E-state index in [1.807, 2.05) is 49.9 Å². The molecule has 216 valence electrons. The van der Waals surface area contributed by atoms with Crippen LogP contribution in [0, 0.1) is 28.6 Å². The van der Waals surface area contributed by atoms with E-state index in [4.69, 9.17) is 9.72 Å². The molecule has 5 aromatic heterocycles. The fourth-order valence-electron chi connectivity index (χ4n) is 6.74. The smallest absolute Gasteiger partial charge is 0.230 e. The second kappa shape index (κ2) is 10.2. The summed E-state index contributed by atoms with van der Waals surface area (Å²) in [6, 6.07) is 13.9. The van der Waals surface area contributed by atoms with Gasteiger partial charge in [-0.15, -0.1) is 0 Å². The van der Waals surface area contributed by atoms with Crippen LogP contribution in [-0.4, -0.2) is 55.5 Å². The molecule has 1 aliphatic heterocycles. The van der Waals surface area contributed by atoms with Gasteiger partial charge in [-0.2, -0.15) is 15.5 Å². The van der Waals surface area contributed by atoms with Gasteiger partial charge >= 0.3 is 0 Å². The molecule has 2 fully saturated rings. The summed E-state index contributed by atoms with van der Waals surface area (Å²) in [6.07, 6.45) is 10.5. The molecule has 6 heterocycles. The van der Waals surface area contributed by atoms with E-state index < -0.39 is 5.41 Å². The Morgan fingerprint density at radius 1 is 1.07 bits per heavy atom. The number of ether oxygens (including phenoxy) is 1. The predicted octanol–water partition coefficient (Wildman–Crippen LogP) is 4.56. The second-order valence-corrected chi connectivity index (χ2v) is 11.8. The van der Waals surface area contributed by atoms with Crippen LogP contribution in [0.1, 0.15) is 25.3 Å². The van der Waals surface area contributed by atoms with Gasteiger partial charge in [0.1, 0.15) is 11.9 Å². The Kier molecular flexibility index (Phi) is 6.34. The Balaban J connectivity index is 1.08. The minimum Gasteiger partial charge on any atom is -0.481 e. The number of hydrogen-bond donors (Lipinski definition) is 1. The summed E-state index contributed by atoms with van der Waals surface area (Å²) in [5, 5.41) is 21.8. The van der Waals surface area contributed by atoms with Crippen LogP contribution in [0.25, 0.3) is 27.9 Å². The van der Waals surface area contributed by atoms with Crippen molar-refractivity contribution >= 4 is 22.9 Å². The molecule has 2 aliphatic rings. The van der Waals surface area contributed by atoms with Crippen LogP contribution >= 0.6 is 0 Å². The van der Waals surface area contributed by atoms with Crippen molar-refractivity contribution in [3.8, 4) is 34.3 Å². The molecule has 1 saturated carbocycles. The third-order valence-electron chi connectivity index (χ3n) is 8.88. The SMILES string of the molecule is COc1ccc(NC(=O)C2(C)C[C@H]3CN(c4ccc(-c5cc(-c6ccn(C)n6)cn6ncc(C#N)c56)cn4)C[C@H]3C2)cn1. The number of carbonyl (C=O) groups excluding carboxylic acids is 1. The average molecular weight is 574 g/mol. The van der Waals surface area contributed by atoms with Crippen LogP contribution in [0.3, 0.4) is 0 Å². The number of aryl methyl sites for hydroxylation is 1. The highest BCUT2D eigenvalue weighted by Gasteiger charge is 2.50. The minimum atomic E-state index is -0.424. The lowest BCUT2D eigenvalue weighted by atomic mass is 9.85. The van der Waals surface area contributed by atoms with Gasteiger partial charge in [0, 0.05) is 66.9 Å². The van der Waals surface area contributed by atoms with Gasteiger partial charge in [-0.1, -0.05) is 6.92 Å². The van der Waals surface area contributed by atoms with E-state index in [-0.39, 0.29) is 5.91 Å². The van der Waals surface area contributed by atoms with Gasteiger partial charge in [-0.25, -0.2) is 14.5 Å². The third kappa shape index (κ3) is 4.74. The molecule has 0 aromatic carbocycles. The van der Waals surface area contributed by atoms with Crippen molar-refractivity contribution in [1.82, 2.24) is 29.4 Å². The number of nitrogens with one attached hydrogen (secondary N) is 1. The second-order valence-electron chi connectivity index (χ2n) is 11.8. The molecule has 1 unspecified atom stereocenters. The van der Waals surface area contributed by atoms with E-state index in [9.17, 15) is 10.1 Å². The highest BCUT2D eigenvalue weighted by molar-refractivity contribution is 5.95. The molecule has 43 heavy (non-hydrogen) atoms. The Morgan fingerprint density at radius 3 is 2.51 bits per heavy atom. The number of hydrogen-bond acceptors (Lipinski definition) is 8. The fraction of sp³-hybridized carbons (Fsp3) is 0.312. The summed E-state index contributed by atoms with van der Waals surface area (Å²) in [5.74, 6) is 2.32. The Bertz CT molecular complexity index is 1850. The minimum absolute atomic E-state index is 0.0405. The molecule has 11 nitrogen and oxygen atoms in total. The Hall–Kier alpha value is -5.24. The number of nitrogens with zero attached hydrogens (tertiary/aromatic N) is 8. The number of nitriles is 1. The van der Waals surface area contributed by atoms with Gasteiger partial charge in [0.15, 0.2) is 0 Å². The van der Waals surface area contributed by atoms with Crippen LogP contribution in [0.2, 0.25) is 0 Å². The highest BCUT2D eigenvalue weighted by Crippen LogP contribution is 2.50. The molecule has 1 saturated heterocycles. The lowest BCUT2D eigenvalue weighted by Gasteiger charge is -2.26. The number of carbonyl (C=O) groups is 1. The molecule has 1 aliphatic carbocycles. The molecule has 0 radical (unpaired) electrons. The lowest BCUT2D eigenvalue weighted by Crippen LogP contribution is -2.34. The maximum Gasteiger partial charge on any atom is 0.230 e. The maximum atomic E-state index is 13.3. The van der Waals surface area contributed by atoms with Gasteiger partial charge in [0.2, 0.25) is 11.8 Å². The van der Waals surface area contributed by atoms with Crippen molar-refractivity contribution in [1.29, 1.82) is 5.26 Å². The largest absolute Gasteiger partial charge is 0.481 e. The fourth-order valence-corrected chi connectivity index (χ4v) is 6.74. The van der Waals surface area contributed by atoms with E-state index in [0.717, 1.165) is 59.7 Å². The van der Waals surface area contributed by atoms with Crippen molar-refractivity contribution < 1.29 is 9.53 Å². The summed E-state index contributed by atoms with van der Waals surface area (Å²) in [4.78, 5) is 24.6. The first-order chi connectivity index (χ1) is 20.8. The highest BCUT2D eigenvalue weighted by atomic mass is 16.5. The summed E-state index contributed by atoms with van der Waals surface area (Å²) in [7, 11) is 3.45. The number of fused-ring (bicyclic) bond motifs is 2. The summed E-state index contributed by atoms with van der Waals surface area (Å²) in [5.41, 5.74) is 5.02. The van der Waals surface area contributed by atoms with Gasteiger partial charge in [0.05, 0.1) is 42.0 Å². The normalized spacial score (nSPS) is 21.1. The molecule has 5 aromatic rings. The molecule has 7 rings (SSSR count). The van der Waals surface area contributed by atoms with Crippen LogP contribution < -0.4 is 15.0 Å². The van der Waals surface area contributed by atoms with Gasteiger partial charge < -0.3 is 15.0 Å². The van der Waals surface area contributed by atoms with E-state index in [1.54, 1.807) is 34.8 Å². The number of methoxy groups -OCH3 is 1. The van der Waals surface area contributed by atoms with Crippen LogP contribution in [0.4, 0.5) is 11.5 Å². The molecule has 1 N–H and O–H groups in total. The molecular formula is C32H31N9O2. The maximum absolute atomic E-state index is 13.3. The number of rotatable bonds is 6.